The van der Waals surface area contributed by atoms with Crippen molar-refractivity contribution >= 4 is 23.1 Å². The summed E-state index contributed by atoms with van der Waals surface area (Å²) in [6.45, 7) is 0. The van der Waals surface area contributed by atoms with Crippen molar-refractivity contribution in [2.75, 3.05) is 0 Å². The second-order valence-electron chi connectivity index (χ2n) is 5.53. The van der Waals surface area contributed by atoms with E-state index in [1.165, 1.54) is 17.5 Å². The Labute approximate surface area is 137 Å². The van der Waals surface area contributed by atoms with Crippen LogP contribution in [0.25, 0.3) is 0 Å². The van der Waals surface area contributed by atoms with E-state index < -0.39 is 0 Å². The van der Waals surface area contributed by atoms with Gasteiger partial charge in [0.2, 0.25) is 0 Å². The molecule has 0 N–H and O–H groups in total. The van der Waals surface area contributed by atoms with Crippen LogP contribution in [0.2, 0.25) is 5.15 Å². The van der Waals surface area contributed by atoms with Gasteiger partial charge >= 0.3 is 137 Å². The third-order valence-electron chi connectivity index (χ3n) is 4.45. The zero-order valence-electron chi connectivity index (χ0n) is 11.0. The van der Waals surface area contributed by atoms with Crippen molar-refractivity contribution in [2.24, 2.45) is 10.3 Å². The summed E-state index contributed by atoms with van der Waals surface area (Å²) < 4.78 is 0.845. The molecule has 2 unspecified atom stereocenters. The summed E-state index contributed by atoms with van der Waals surface area (Å²) in [5.41, 5.74) is 3.62. The minimum atomic E-state index is -0.158. The number of aromatic nitrogens is 2. The average molecular weight is 412 g/mol. The first-order valence-corrected chi connectivity index (χ1v) is 9.24. The van der Waals surface area contributed by atoms with Crippen LogP contribution in [0.5, 0.6) is 0 Å². The van der Waals surface area contributed by atoms with E-state index in [4.69, 9.17) is 11.6 Å². The van der Waals surface area contributed by atoms with Crippen LogP contribution in [-0.2, 0) is 12.8 Å². The Balaban J connectivity index is 1.60. The molecule has 0 bridgehead atoms. The van der Waals surface area contributed by atoms with Gasteiger partial charge in [-0.2, -0.15) is 0 Å². The summed E-state index contributed by atoms with van der Waals surface area (Å²) in [6.07, 6.45) is 4.90. The van der Waals surface area contributed by atoms with Crippen molar-refractivity contribution in [3.63, 3.8) is 0 Å². The van der Waals surface area contributed by atoms with E-state index in [9.17, 15) is 0 Å². The molecule has 106 valence electrons. The van der Waals surface area contributed by atoms with Gasteiger partial charge in [0, 0.05) is 0 Å². The number of hydrogen-bond donors (Lipinski definition) is 0. The fraction of sp³-hybridized carbons (Fsp3) is 0.286. The van der Waals surface area contributed by atoms with Gasteiger partial charge < -0.3 is 0 Å². The van der Waals surface area contributed by atoms with Gasteiger partial charge in [-0.05, 0) is 0 Å². The number of aryl methyl sites for hydroxylation is 1. The second-order valence-corrected chi connectivity index (χ2v) is 9.78. The molecule has 0 amide bonds. The normalized spacial score (nSPS) is 31.9. The van der Waals surface area contributed by atoms with Crippen LogP contribution in [0.3, 0.4) is 0 Å². The predicted octanol–water partition coefficient (Wildman–Crippen LogP) is 0.352. The molecule has 1 saturated heterocycles. The molecule has 3 heterocycles. The summed E-state index contributed by atoms with van der Waals surface area (Å²) in [7, 11) is 0. The zero-order valence-corrected chi connectivity index (χ0v) is 13.9. The van der Waals surface area contributed by atoms with Crippen molar-refractivity contribution in [3.05, 3.63) is 46.9 Å². The number of alkyl halides is 1. The number of quaternary nitrogens is 1. The molecular weight excluding hydrogens is 401 g/mol. The van der Waals surface area contributed by atoms with E-state index in [1.807, 2.05) is 0 Å². The van der Waals surface area contributed by atoms with E-state index in [1.54, 1.807) is 0 Å². The molecule has 1 fully saturated rings. The predicted molar refractivity (Wildman–Crippen MR) is 74.6 cm³/mol. The van der Waals surface area contributed by atoms with E-state index in [-0.39, 0.29) is 25.0 Å². The van der Waals surface area contributed by atoms with Crippen molar-refractivity contribution < 1.29 is 21.5 Å². The van der Waals surface area contributed by atoms with Crippen LogP contribution in [0, 0.1) is 0 Å². The molecular formula is C14H11ClIN5. The molecule has 2 spiro atoms. The Morgan fingerprint density at radius 3 is 2.95 bits per heavy atom. The third-order valence-corrected chi connectivity index (χ3v) is 9.06. The molecule has 7 heteroatoms. The van der Waals surface area contributed by atoms with Crippen LogP contribution in [0.1, 0.15) is 17.5 Å². The fourth-order valence-electron chi connectivity index (χ4n) is 3.34. The fourth-order valence-corrected chi connectivity index (χ4v) is 7.30. The average Bonchev–Trinajstić information content (AvgIpc) is 2.93. The van der Waals surface area contributed by atoms with Crippen LogP contribution in [-0.4, -0.2) is 13.5 Å². The van der Waals surface area contributed by atoms with E-state index in [2.05, 4.69) is 44.6 Å². The molecule has 5 rings (SSSR count). The first-order chi connectivity index (χ1) is 10.2. The van der Waals surface area contributed by atoms with Crippen LogP contribution in [0.4, 0.5) is 11.5 Å². The topological polar surface area (TPSA) is 50.5 Å². The van der Waals surface area contributed by atoms with E-state index >= 15 is 0 Å². The molecule has 3 aliphatic rings. The molecule has 2 atom stereocenters. The van der Waals surface area contributed by atoms with E-state index in [0.717, 1.165) is 25.1 Å². The quantitative estimate of drug-likeness (QED) is 0.157. The van der Waals surface area contributed by atoms with Crippen LogP contribution < -0.4 is 24.3 Å². The summed E-state index contributed by atoms with van der Waals surface area (Å²) >= 11 is 5.97. The molecule has 1 aromatic heterocycles. The second kappa shape index (κ2) is 3.99. The Morgan fingerprint density at radius 2 is 2.05 bits per heavy atom. The summed E-state index contributed by atoms with van der Waals surface area (Å²) in [4.78, 5) is 8.47. The first-order valence-electron chi connectivity index (χ1n) is 6.82. The Bertz CT molecular complexity index is 810. The number of halogens is 2. The van der Waals surface area contributed by atoms with E-state index in [0.29, 0.717) is 13.6 Å². The Hall–Kier alpha value is -1.12. The van der Waals surface area contributed by atoms with Gasteiger partial charge in [-0.25, -0.2) is 0 Å². The minimum absolute atomic E-state index is 0.158. The number of nitrogens with zero attached hydrogens (tertiary/aromatic N) is 5. The van der Waals surface area contributed by atoms with Gasteiger partial charge in [0.25, 0.3) is 0 Å². The number of rotatable bonds is 0. The Kier molecular flexibility index (Phi) is 2.36. The first kappa shape index (κ1) is 12.4. The van der Waals surface area contributed by atoms with Crippen LogP contribution >= 0.6 is 11.6 Å². The molecule has 2 aromatic rings. The molecule has 1 aliphatic carbocycles. The third kappa shape index (κ3) is 1.50. The molecule has 0 saturated carbocycles. The SMILES string of the molecule is Clc1ncnc2c1N=N[N+]21[I-]C12CCc1ccccc1C2. The van der Waals surface area contributed by atoms with Crippen molar-refractivity contribution in [3.8, 4) is 0 Å². The molecule has 0 radical (unpaired) electrons. The number of fused-ring (bicyclic) bond motifs is 4. The summed E-state index contributed by atoms with van der Waals surface area (Å²) in [6, 6.07) is 8.74. The molecule has 5 nitrogen and oxygen atoms in total. The van der Waals surface area contributed by atoms with Crippen molar-refractivity contribution in [2.45, 2.75) is 22.8 Å². The standard InChI is InChI=1S/C14H11ClIN5/c15-12-11-13(18-8-17-12)21(20-19-11)14(16-21)6-5-9-3-1-2-4-10(9)7-14/h1-4,8H,5-7H2. The molecule has 1 aromatic carbocycles. The van der Waals surface area contributed by atoms with Gasteiger partial charge in [-0.3, -0.25) is 0 Å². The maximum absolute atomic E-state index is 6.13. The number of hydrogen-bond acceptors (Lipinski definition) is 4. The van der Waals surface area contributed by atoms with Crippen LogP contribution in [0.15, 0.2) is 40.9 Å². The van der Waals surface area contributed by atoms with Gasteiger partial charge in [-0.1, -0.05) is 0 Å². The van der Waals surface area contributed by atoms with Gasteiger partial charge in [0.1, 0.15) is 0 Å². The number of benzene rings is 1. The van der Waals surface area contributed by atoms with Gasteiger partial charge in [-0.15, -0.1) is 0 Å². The zero-order chi connectivity index (χ0) is 14.1. The molecule has 21 heavy (non-hydrogen) atoms. The maximum atomic E-state index is 6.13. The van der Waals surface area contributed by atoms with Crippen molar-refractivity contribution in [1.82, 2.24) is 12.8 Å². The molecule has 2 aliphatic heterocycles. The van der Waals surface area contributed by atoms with Gasteiger partial charge in [0.15, 0.2) is 0 Å². The summed E-state index contributed by atoms with van der Waals surface area (Å²) in [5.74, 6) is 0.919. The Morgan fingerprint density at radius 1 is 1.19 bits per heavy atom. The summed E-state index contributed by atoms with van der Waals surface area (Å²) in [5, 5.41) is 9.29. The monoisotopic (exact) mass is 411 g/mol. The van der Waals surface area contributed by atoms with Crippen molar-refractivity contribution in [1.29, 1.82) is 0 Å². The van der Waals surface area contributed by atoms with Gasteiger partial charge in [0.05, 0.1) is 0 Å².